The number of hydrogen-bond acceptors (Lipinski definition) is 4. The van der Waals surface area contributed by atoms with Crippen molar-refractivity contribution in [1.29, 1.82) is 0 Å². The minimum atomic E-state index is -4.13. The Balaban J connectivity index is 2.65. The van der Waals surface area contributed by atoms with Crippen LogP contribution >= 0.6 is 23.2 Å². The van der Waals surface area contributed by atoms with Crippen LogP contribution < -0.4 is 4.31 Å². The summed E-state index contributed by atoms with van der Waals surface area (Å²) in [7, 11) is -2.93. The Bertz CT molecular complexity index is 893. The molecule has 5 nitrogen and oxygen atoms in total. The van der Waals surface area contributed by atoms with E-state index in [1.165, 1.54) is 25.3 Å². The van der Waals surface area contributed by atoms with Gasteiger partial charge in [0.2, 0.25) is 0 Å². The molecule has 0 aliphatic heterocycles. The van der Waals surface area contributed by atoms with E-state index < -0.39 is 22.5 Å². The molecule has 0 aliphatic rings. The van der Waals surface area contributed by atoms with Crippen LogP contribution in [0.25, 0.3) is 0 Å². The Morgan fingerprint density at radius 2 is 1.68 bits per heavy atom. The van der Waals surface area contributed by atoms with E-state index >= 15 is 0 Å². The van der Waals surface area contributed by atoms with Gasteiger partial charge in [0, 0.05) is 5.02 Å². The number of anilines is 1. The van der Waals surface area contributed by atoms with Crippen molar-refractivity contribution in [2.24, 2.45) is 0 Å². The molecule has 0 unspecified atom stereocenters. The number of benzene rings is 2. The minimum Gasteiger partial charge on any atom is -0.468 e. The van der Waals surface area contributed by atoms with Gasteiger partial charge in [-0.15, -0.1) is 0 Å². The number of esters is 1. The number of halogens is 2. The molecule has 0 N–H and O–H groups in total. The topological polar surface area (TPSA) is 63.7 Å². The number of hydrogen-bond donors (Lipinski definition) is 0. The van der Waals surface area contributed by atoms with Gasteiger partial charge in [0.25, 0.3) is 10.0 Å². The van der Waals surface area contributed by atoms with Crippen LogP contribution in [0.4, 0.5) is 5.69 Å². The molecule has 0 atom stereocenters. The second-order valence-electron chi connectivity index (χ2n) is 5.51. The Kier molecular flexibility index (Phi) is 5.98. The lowest BCUT2D eigenvalue weighted by Gasteiger charge is -2.24. The number of sulfonamides is 1. The van der Waals surface area contributed by atoms with Gasteiger partial charge in [0.1, 0.15) is 11.4 Å². The summed E-state index contributed by atoms with van der Waals surface area (Å²) in [6, 6.07) is 9.39. The summed E-state index contributed by atoms with van der Waals surface area (Å²) in [5, 5.41) is 0.241. The molecular formula is C17H17Cl2NO4S. The molecule has 134 valence electrons. The highest BCUT2D eigenvalue weighted by molar-refractivity contribution is 7.93. The summed E-state index contributed by atoms with van der Waals surface area (Å²) in [6.07, 6.45) is 0. The molecule has 0 bridgehead atoms. The number of carbonyl (C=O) groups is 1. The molecule has 0 spiro atoms. The van der Waals surface area contributed by atoms with Crippen molar-refractivity contribution < 1.29 is 17.9 Å². The maximum Gasteiger partial charge on any atom is 0.326 e. The lowest BCUT2D eigenvalue weighted by Crippen LogP contribution is -2.36. The van der Waals surface area contributed by atoms with E-state index in [0.717, 1.165) is 15.4 Å². The average Bonchev–Trinajstić information content (AvgIpc) is 2.53. The molecule has 2 aromatic carbocycles. The number of nitrogens with zero attached hydrogens (tertiary/aromatic N) is 1. The fourth-order valence-electron chi connectivity index (χ4n) is 2.39. The Morgan fingerprint density at radius 1 is 1.08 bits per heavy atom. The summed E-state index contributed by atoms with van der Waals surface area (Å²) < 4.78 is 31.9. The van der Waals surface area contributed by atoms with Crippen molar-refractivity contribution in [3.8, 4) is 0 Å². The zero-order valence-corrected chi connectivity index (χ0v) is 16.2. The summed E-state index contributed by atoms with van der Waals surface area (Å²) in [5.41, 5.74) is 2.06. The standard InChI is InChI=1S/C17H17Cl2NO4S/c1-11-6-12(2)8-14(7-11)20(10-17(21)24-3)25(22,23)16-9-13(18)4-5-15(16)19/h4-9H,10H2,1-3H3. The maximum absolute atomic E-state index is 13.2. The second kappa shape index (κ2) is 7.64. The number of carbonyl (C=O) groups excluding carboxylic acids is 1. The van der Waals surface area contributed by atoms with Crippen molar-refractivity contribution in [1.82, 2.24) is 0 Å². The minimum absolute atomic E-state index is 0.0173. The van der Waals surface area contributed by atoms with Gasteiger partial charge in [-0.05, 0) is 55.3 Å². The van der Waals surface area contributed by atoms with Gasteiger partial charge in [-0.1, -0.05) is 29.3 Å². The number of rotatable bonds is 5. The molecule has 0 heterocycles. The molecule has 2 aromatic rings. The number of ether oxygens (including phenoxy) is 1. The first-order valence-electron chi connectivity index (χ1n) is 7.28. The fraction of sp³-hybridized carbons (Fsp3) is 0.235. The Hall–Kier alpha value is -1.76. The van der Waals surface area contributed by atoms with Crippen LogP contribution in [-0.4, -0.2) is 28.0 Å². The lowest BCUT2D eigenvalue weighted by atomic mass is 10.1. The first kappa shape index (κ1) is 19.6. The van der Waals surface area contributed by atoms with Crippen LogP contribution in [0.2, 0.25) is 10.0 Å². The highest BCUT2D eigenvalue weighted by Gasteiger charge is 2.30. The highest BCUT2D eigenvalue weighted by Crippen LogP contribution is 2.31. The van der Waals surface area contributed by atoms with Gasteiger partial charge in [0.15, 0.2) is 0 Å². The molecule has 0 saturated carbocycles. The van der Waals surface area contributed by atoms with E-state index in [1.54, 1.807) is 12.1 Å². The van der Waals surface area contributed by atoms with Gasteiger partial charge in [-0.3, -0.25) is 9.10 Å². The first-order chi connectivity index (χ1) is 11.6. The van der Waals surface area contributed by atoms with Gasteiger partial charge in [-0.2, -0.15) is 0 Å². The Morgan fingerprint density at radius 3 is 2.24 bits per heavy atom. The molecule has 0 fully saturated rings. The van der Waals surface area contributed by atoms with Crippen molar-refractivity contribution >= 4 is 44.9 Å². The predicted molar refractivity (Wildman–Crippen MR) is 98.9 cm³/mol. The largest absolute Gasteiger partial charge is 0.468 e. The van der Waals surface area contributed by atoms with E-state index in [-0.39, 0.29) is 14.9 Å². The normalized spacial score (nSPS) is 11.2. The molecule has 0 amide bonds. The summed E-state index contributed by atoms with van der Waals surface area (Å²) in [6.45, 7) is 3.20. The maximum atomic E-state index is 13.2. The quantitative estimate of drug-likeness (QED) is 0.710. The van der Waals surface area contributed by atoms with Gasteiger partial charge in [-0.25, -0.2) is 8.42 Å². The monoisotopic (exact) mass is 401 g/mol. The molecule has 2 rings (SSSR count). The molecule has 0 saturated heterocycles. The van der Waals surface area contributed by atoms with E-state index in [9.17, 15) is 13.2 Å². The lowest BCUT2D eigenvalue weighted by molar-refractivity contribution is -0.138. The van der Waals surface area contributed by atoms with E-state index in [2.05, 4.69) is 4.74 Å². The molecule has 0 radical (unpaired) electrons. The summed E-state index contributed by atoms with van der Waals surface area (Å²) in [5.74, 6) is -0.694. The van der Waals surface area contributed by atoms with E-state index in [0.29, 0.717) is 5.69 Å². The Labute approximate surface area is 157 Å². The zero-order valence-electron chi connectivity index (χ0n) is 13.9. The van der Waals surface area contributed by atoms with Crippen molar-refractivity contribution in [2.75, 3.05) is 18.0 Å². The van der Waals surface area contributed by atoms with E-state index in [1.807, 2.05) is 19.9 Å². The third kappa shape index (κ3) is 4.45. The van der Waals surface area contributed by atoms with Gasteiger partial charge < -0.3 is 4.74 Å². The van der Waals surface area contributed by atoms with Crippen molar-refractivity contribution in [3.05, 3.63) is 57.6 Å². The van der Waals surface area contributed by atoms with Gasteiger partial charge in [0.05, 0.1) is 17.8 Å². The second-order valence-corrected chi connectivity index (χ2v) is 8.18. The van der Waals surface area contributed by atoms with Crippen LogP contribution in [-0.2, 0) is 19.6 Å². The van der Waals surface area contributed by atoms with Crippen LogP contribution in [0.15, 0.2) is 41.3 Å². The molecule has 25 heavy (non-hydrogen) atoms. The van der Waals surface area contributed by atoms with Crippen LogP contribution in [0, 0.1) is 13.8 Å². The van der Waals surface area contributed by atoms with Crippen LogP contribution in [0.5, 0.6) is 0 Å². The average molecular weight is 402 g/mol. The summed E-state index contributed by atoms with van der Waals surface area (Å²) in [4.78, 5) is 11.6. The number of methoxy groups -OCH3 is 1. The number of aryl methyl sites for hydroxylation is 2. The molecule has 8 heteroatoms. The first-order valence-corrected chi connectivity index (χ1v) is 9.47. The molecule has 0 aromatic heterocycles. The van der Waals surface area contributed by atoms with Crippen LogP contribution in [0.1, 0.15) is 11.1 Å². The predicted octanol–water partition coefficient (Wildman–Crippen LogP) is 3.98. The SMILES string of the molecule is COC(=O)CN(c1cc(C)cc(C)c1)S(=O)(=O)c1cc(Cl)ccc1Cl. The van der Waals surface area contributed by atoms with E-state index in [4.69, 9.17) is 23.2 Å². The van der Waals surface area contributed by atoms with Gasteiger partial charge >= 0.3 is 5.97 Å². The fourth-order valence-corrected chi connectivity index (χ4v) is 4.52. The summed E-state index contributed by atoms with van der Waals surface area (Å²) >= 11 is 12.0. The van der Waals surface area contributed by atoms with Crippen molar-refractivity contribution in [3.63, 3.8) is 0 Å². The third-order valence-electron chi connectivity index (χ3n) is 3.46. The van der Waals surface area contributed by atoms with Crippen LogP contribution in [0.3, 0.4) is 0 Å². The molecular weight excluding hydrogens is 385 g/mol. The third-order valence-corrected chi connectivity index (χ3v) is 5.95. The van der Waals surface area contributed by atoms with Crippen molar-refractivity contribution in [2.45, 2.75) is 18.7 Å². The zero-order chi connectivity index (χ0) is 18.8. The smallest absolute Gasteiger partial charge is 0.326 e. The molecule has 0 aliphatic carbocycles. The highest BCUT2D eigenvalue weighted by atomic mass is 35.5.